The van der Waals surface area contributed by atoms with E-state index < -0.39 is 0 Å². The Bertz CT molecular complexity index is 932. The molecule has 1 heterocycles. The summed E-state index contributed by atoms with van der Waals surface area (Å²) in [6.45, 7) is 1.72. The van der Waals surface area contributed by atoms with Crippen LogP contribution in [-0.2, 0) is 4.79 Å². The molecule has 126 valence electrons. The number of hydrogen-bond donors (Lipinski definition) is 0. The van der Waals surface area contributed by atoms with Crippen LogP contribution < -0.4 is 9.47 Å². The van der Waals surface area contributed by atoms with Gasteiger partial charge < -0.3 is 9.47 Å². The van der Waals surface area contributed by atoms with Crippen molar-refractivity contribution in [2.45, 2.75) is 13.3 Å². The second kappa shape index (κ2) is 7.13. The van der Waals surface area contributed by atoms with E-state index in [0.717, 1.165) is 0 Å². The molecule has 0 saturated heterocycles. The molecule has 5 nitrogen and oxygen atoms in total. The van der Waals surface area contributed by atoms with E-state index in [2.05, 4.69) is 4.98 Å². The maximum Gasteiger partial charge on any atom is 0.310 e. The SMILES string of the molecule is CCC(=O)Oc1cnc(C(=O)c2ccc(OC)cc2)c2ccccc12. The molecule has 5 heteroatoms. The molecule has 0 aliphatic carbocycles. The summed E-state index contributed by atoms with van der Waals surface area (Å²) in [5.74, 6) is 0.485. The number of nitrogens with zero attached hydrogens (tertiary/aromatic N) is 1. The normalized spacial score (nSPS) is 10.5. The predicted octanol–water partition coefficient (Wildman–Crippen LogP) is 3.79. The third-order valence-corrected chi connectivity index (χ3v) is 3.84. The maximum absolute atomic E-state index is 12.8. The number of hydrogen-bond acceptors (Lipinski definition) is 5. The Hall–Kier alpha value is -3.21. The van der Waals surface area contributed by atoms with Crippen LogP contribution in [0.4, 0.5) is 0 Å². The van der Waals surface area contributed by atoms with Crippen molar-refractivity contribution in [2.75, 3.05) is 7.11 Å². The fourth-order valence-electron chi connectivity index (χ4n) is 2.50. The largest absolute Gasteiger partial charge is 0.497 e. The Labute approximate surface area is 145 Å². The summed E-state index contributed by atoms with van der Waals surface area (Å²) in [5, 5.41) is 1.32. The molecule has 3 rings (SSSR count). The molecule has 0 amide bonds. The number of carbonyl (C=O) groups is 2. The van der Waals surface area contributed by atoms with Gasteiger partial charge in [0.1, 0.15) is 11.4 Å². The fourth-order valence-corrected chi connectivity index (χ4v) is 2.50. The molecule has 0 aliphatic heterocycles. The number of carbonyl (C=O) groups excluding carboxylic acids is 2. The van der Waals surface area contributed by atoms with E-state index >= 15 is 0 Å². The Morgan fingerprint density at radius 3 is 2.32 bits per heavy atom. The summed E-state index contributed by atoms with van der Waals surface area (Å²) in [4.78, 5) is 28.7. The summed E-state index contributed by atoms with van der Waals surface area (Å²) in [5.41, 5.74) is 0.828. The lowest BCUT2D eigenvalue weighted by Gasteiger charge is -2.10. The van der Waals surface area contributed by atoms with Gasteiger partial charge in [-0.3, -0.25) is 9.59 Å². The molecule has 0 fully saturated rings. The number of rotatable bonds is 5. The summed E-state index contributed by atoms with van der Waals surface area (Å²) in [7, 11) is 1.57. The van der Waals surface area contributed by atoms with Gasteiger partial charge in [-0.1, -0.05) is 31.2 Å². The average Bonchev–Trinajstić information content (AvgIpc) is 2.67. The molecule has 3 aromatic rings. The Morgan fingerprint density at radius 1 is 1.00 bits per heavy atom. The van der Waals surface area contributed by atoms with E-state index in [1.54, 1.807) is 50.4 Å². The van der Waals surface area contributed by atoms with Gasteiger partial charge >= 0.3 is 5.97 Å². The van der Waals surface area contributed by atoms with Crippen LogP contribution in [0.5, 0.6) is 11.5 Å². The van der Waals surface area contributed by atoms with Gasteiger partial charge in [0.2, 0.25) is 5.78 Å². The second-order valence-corrected chi connectivity index (χ2v) is 5.40. The van der Waals surface area contributed by atoms with E-state index in [4.69, 9.17) is 9.47 Å². The highest BCUT2D eigenvalue weighted by Gasteiger charge is 2.17. The lowest BCUT2D eigenvalue weighted by molar-refractivity contribution is -0.133. The van der Waals surface area contributed by atoms with Crippen molar-refractivity contribution in [3.8, 4) is 11.5 Å². The summed E-state index contributed by atoms with van der Waals surface area (Å²) in [6, 6.07) is 14.1. The van der Waals surface area contributed by atoms with Gasteiger partial charge in [0.15, 0.2) is 5.75 Å². The van der Waals surface area contributed by atoms with Crippen molar-refractivity contribution in [3.63, 3.8) is 0 Å². The van der Waals surface area contributed by atoms with Gasteiger partial charge in [-0.2, -0.15) is 0 Å². The topological polar surface area (TPSA) is 65.5 Å². The summed E-state index contributed by atoms with van der Waals surface area (Å²) < 4.78 is 10.4. The minimum atomic E-state index is -0.346. The third-order valence-electron chi connectivity index (χ3n) is 3.84. The number of fused-ring (bicyclic) bond motifs is 1. The first kappa shape index (κ1) is 16.6. The molecular formula is C20H17NO4. The highest BCUT2D eigenvalue weighted by molar-refractivity contribution is 6.15. The second-order valence-electron chi connectivity index (χ2n) is 5.40. The van der Waals surface area contributed by atoms with E-state index in [9.17, 15) is 9.59 Å². The van der Waals surface area contributed by atoms with Crippen molar-refractivity contribution in [2.24, 2.45) is 0 Å². The van der Waals surface area contributed by atoms with Crippen molar-refractivity contribution >= 4 is 22.5 Å². The van der Waals surface area contributed by atoms with Crippen molar-refractivity contribution in [3.05, 3.63) is 66.0 Å². The zero-order chi connectivity index (χ0) is 17.8. The zero-order valence-corrected chi connectivity index (χ0v) is 14.0. The van der Waals surface area contributed by atoms with Crippen LogP contribution in [0, 0.1) is 0 Å². The molecule has 25 heavy (non-hydrogen) atoms. The van der Waals surface area contributed by atoms with Crippen LogP contribution in [0.2, 0.25) is 0 Å². The molecule has 0 atom stereocenters. The third kappa shape index (κ3) is 3.35. The first-order valence-corrected chi connectivity index (χ1v) is 7.91. The number of benzene rings is 2. The molecule has 0 bridgehead atoms. The Balaban J connectivity index is 2.06. The van der Waals surface area contributed by atoms with Crippen molar-refractivity contribution in [1.82, 2.24) is 4.98 Å². The van der Waals surface area contributed by atoms with Gasteiger partial charge in [0, 0.05) is 22.8 Å². The van der Waals surface area contributed by atoms with Crippen LogP contribution in [-0.4, -0.2) is 23.8 Å². The van der Waals surface area contributed by atoms with Crippen molar-refractivity contribution in [1.29, 1.82) is 0 Å². The van der Waals surface area contributed by atoms with Gasteiger partial charge in [-0.05, 0) is 24.3 Å². The van der Waals surface area contributed by atoms with E-state index in [0.29, 0.717) is 33.5 Å². The smallest absolute Gasteiger partial charge is 0.310 e. The molecule has 0 spiro atoms. The average molecular weight is 335 g/mol. The zero-order valence-electron chi connectivity index (χ0n) is 14.0. The highest BCUT2D eigenvalue weighted by Crippen LogP contribution is 2.28. The first-order valence-electron chi connectivity index (χ1n) is 7.91. The standard InChI is InChI=1S/C20H17NO4/c1-3-18(22)25-17-12-21-19(16-7-5-4-6-15(16)17)20(23)13-8-10-14(24-2)11-9-13/h4-12H,3H2,1-2H3. The lowest BCUT2D eigenvalue weighted by atomic mass is 10.0. The maximum atomic E-state index is 12.8. The van der Waals surface area contributed by atoms with E-state index in [-0.39, 0.29) is 18.2 Å². The number of methoxy groups -OCH3 is 1. The van der Waals surface area contributed by atoms with E-state index in [1.807, 2.05) is 12.1 Å². The molecular weight excluding hydrogens is 318 g/mol. The highest BCUT2D eigenvalue weighted by atomic mass is 16.5. The molecule has 0 unspecified atom stereocenters. The number of esters is 1. The number of ether oxygens (including phenoxy) is 2. The summed E-state index contributed by atoms with van der Waals surface area (Å²) >= 11 is 0. The minimum absolute atomic E-state index is 0.202. The van der Waals surface area contributed by atoms with Gasteiger partial charge in [-0.25, -0.2) is 4.98 Å². The number of ketones is 1. The molecule has 2 aromatic carbocycles. The fraction of sp³-hybridized carbons (Fsp3) is 0.150. The van der Waals surface area contributed by atoms with Gasteiger partial charge in [0.25, 0.3) is 0 Å². The van der Waals surface area contributed by atoms with Gasteiger partial charge in [-0.15, -0.1) is 0 Å². The van der Waals surface area contributed by atoms with Crippen LogP contribution >= 0.6 is 0 Å². The molecule has 1 aromatic heterocycles. The van der Waals surface area contributed by atoms with Crippen LogP contribution in [0.1, 0.15) is 29.4 Å². The van der Waals surface area contributed by atoms with Crippen LogP contribution in [0.25, 0.3) is 10.8 Å². The molecule has 0 N–H and O–H groups in total. The molecule has 0 aliphatic rings. The van der Waals surface area contributed by atoms with E-state index in [1.165, 1.54) is 6.20 Å². The predicted molar refractivity (Wildman–Crippen MR) is 94.1 cm³/mol. The van der Waals surface area contributed by atoms with Crippen molar-refractivity contribution < 1.29 is 19.1 Å². The molecule has 0 radical (unpaired) electrons. The number of aromatic nitrogens is 1. The lowest BCUT2D eigenvalue weighted by Crippen LogP contribution is -2.09. The van der Waals surface area contributed by atoms with Crippen LogP contribution in [0.3, 0.4) is 0 Å². The minimum Gasteiger partial charge on any atom is -0.497 e. The Morgan fingerprint density at radius 2 is 1.68 bits per heavy atom. The monoisotopic (exact) mass is 335 g/mol. The number of pyridine rings is 1. The van der Waals surface area contributed by atoms with Crippen LogP contribution in [0.15, 0.2) is 54.7 Å². The Kier molecular flexibility index (Phi) is 4.75. The quantitative estimate of drug-likeness (QED) is 0.524. The molecule has 0 saturated carbocycles. The summed E-state index contributed by atoms with van der Waals surface area (Å²) in [6.07, 6.45) is 1.69. The first-order chi connectivity index (χ1) is 12.1. The van der Waals surface area contributed by atoms with Gasteiger partial charge in [0.05, 0.1) is 13.3 Å².